The summed E-state index contributed by atoms with van der Waals surface area (Å²) in [6.07, 6.45) is -7.86. The molecular weight excluding hydrogens is 519 g/mol. The van der Waals surface area contributed by atoms with Crippen LogP contribution in [0.4, 0.5) is 74.6 Å². The molecule has 21 heteroatoms. The molecule has 0 bridgehead atoms. The Balaban J connectivity index is 6.90. The molecule has 2 nitrogen and oxygen atoms in total. The first-order valence-electron chi connectivity index (χ1n) is 5.65. The Morgan fingerprint density at radius 2 is 0.621 bits per heavy atom. The van der Waals surface area contributed by atoms with Crippen molar-refractivity contribution in [1.82, 2.24) is 0 Å². The van der Waals surface area contributed by atoms with E-state index in [1.807, 2.05) is 0 Å². The van der Waals surface area contributed by atoms with Crippen LogP contribution in [0.2, 0.25) is 0 Å². The van der Waals surface area contributed by atoms with Crippen molar-refractivity contribution in [3.63, 3.8) is 0 Å². The first kappa shape index (κ1) is 28.1. The highest BCUT2D eigenvalue weighted by atomic mass is 35.7. The molecule has 0 aliphatic heterocycles. The first-order chi connectivity index (χ1) is 12.0. The monoisotopic (exact) mass is 518 g/mol. The lowest BCUT2D eigenvalue weighted by Crippen LogP contribution is -2.74. The van der Waals surface area contributed by atoms with Crippen LogP contribution >= 0.6 is 10.7 Å². The number of rotatable bonds is 7. The maximum Gasteiger partial charge on any atom is 0.460 e. The second-order valence-electron chi connectivity index (χ2n) is 4.90. The lowest BCUT2D eigenvalue weighted by Gasteiger charge is -2.42. The zero-order valence-electron chi connectivity index (χ0n) is 12.0. The van der Waals surface area contributed by atoms with Gasteiger partial charge in [0.1, 0.15) is 0 Å². The third kappa shape index (κ3) is 3.36. The van der Waals surface area contributed by atoms with E-state index in [0.29, 0.717) is 0 Å². The van der Waals surface area contributed by atoms with Gasteiger partial charge in [0.05, 0.1) is 0 Å². The average molecular weight is 519 g/mol. The van der Waals surface area contributed by atoms with Crippen LogP contribution < -0.4 is 0 Å². The van der Waals surface area contributed by atoms with E-state index in [4.69, 9.17) is 0 Å². The molecule has 0 aliphatic rings. The molecule has 0 rings (SSSR count). The molecule has 0 saturated heterocycles. The van der Waals surface area contributed by atoms with Crippen molar-refractivity contribution >= 4 is 19.7 Å². The Hall–Kier alpha value is -0.950. The second kappa shape index (κ2) is 6.52. The van der Waals surface area contributed by atoms with Crippen LogP contribution in [-0.4, -0.2) is 55.4 Å². The van der Waals surface area contributed by atoms with Gasteiger partial charge in [-0.05, 0) is 0 Å². The van der Waals surface area contributed by atoms with Crippen molar-refractivity contribution in [3.8, 4) is 0 Å². The third-order valence-corrected chi connectivity index (χ3v) is 4.45. The van der Waals surface area contributed by atoms with Gasteiger partial charge in [0.2, 0.25) is 0 Å². The van der Waals surface area contributed by atoms with E-state index >= 15 is 0 Å². The first-order valence-corrected chi connectivity index (χ1v) is 7.96. The zero-order valence-corrected chi connectivity index (χ0v) is 13.6. The van der Waals surface area contributed by atoms with Crippen LogP contribution in [0, 0.1) is 0 Å². The standard InChI is InChI=1S/C8ClF17O2S/c9-29(27,28)8(25,26)6(20,21)4(16,17)2(12,13)1(10,11)3(14,15)5(18,19)7(22,23)24. The van der Waals surface area contributed by atoms with Gasteiger partial charge in [-0.15, -0.1) is 0 Å². The van der Waals surface area contributed by atoms with Crippen molar-refractivity contribution in [1.29, 1.82) is 0 Å². The third-order valence-electron chi connectivity index (χ3n) is 3.00. The van der Waals surface area contributed by atoms with Crippen LogP contribution in [0.1, 0.15) is 0 Å². The van der Waals surface area contributed by atoms with Gasteiger partial charge in [-0.2, -0.15) is 74.6 Å². The van der Waals surface area contributed by atoms with Gasteiger partial charge in [0, 0.05) is 10.7 Å². The van der Waals surface area contributed by atoms with Gasteiger partial charge in [0.25, 0.3) is 0 Å². The second-order valence-corrected chi connectivity index (χ2v) is 7.51. The Morgan fingerprint density at radius 1 is 0.414 bits per heavy atom. The lowest BCUT2D eigenvalue weighted by atomic mass is 9.91. The summed E-state index contributed by atoms with van der Waals surface area (Å²) in [7, 11) is -3.86. The maximum absolute atomic E-state index is 13.1. The molecule has 0 aromatic rings. The molecule has 0 saturated carbocycles. The van der Waals surface area contributed by atoms with Gasteiger partial charge in [0.15, 0.2) is 0 Å². The highest BCUT2D eigenvalue weighted by Gasteiger charge is 2.96. The number of hydrogen-bond donors (Lipinski definition) is 0. The van der Waals surface area contributed by atoms with Gasteiger partial charge in [-0.3, -0.25) is 0 Å². The minimum Gasteiger partial charge on any atom is -0.206 e. The fourth-order valence-corrected chi connectivity index (χ4v) is 2.03. The van der Waals surface area contributed by atoms with Crippen LogP contribution in [0.3, 0.4) is 0 Å². The smallest absolute Gasteiger partial charge is 0.206 e. The summed E-state index contributed by atoms with van der Waals surface area (Å²) < 4.78 is 236. The van der Waals surface area contributed by atoms with E-state index in [1.54, 1.807) is 0 Å². The molecule has 29 heavy (non-hydrogen) atoms. The minimum atomic E-state index is -8.84. The Labute approximate surface area is 151 Å². The van der Waals surface area contributed by atoms with E-state index in [0.717, 1.165) is 0 Å². The molecule has 0 aliphatic carbocycles. The summed E-state index contributed by atoms with van der Waals surface area (Å²) in [5.41, 5.74) is 0. The predicted molar refractivity (Wildman–Crippen MR) is 55.5 cm³/mol. The summed E-state index contributed by atoms with van der Waals surface area (Å²) in [6.45, 7) is 0. The number of halogens is 18. The van der Waals surface area contributed by atoms with Crippen LogP contribution in [0.15, 0.2) is 0 Å². The number of hydrogen-bond acceptors (Lipinski definition) is 2. The molecule has 0 aromatic heterocycles. The molecule has 0 atom stereocenters. The molecule has 0 heterocycles. The predicted octanol–water partition coefficient (Wildman–Crippen LogP) is 5.52. The molecule has 0 spiro atoms. The fourth-order valence-electron chi connectivity index (χ4n) is 1.30. The molecule has 0 radical (unpaired) electrons. The van der Waals surface area contributed by atoms with Gasteiger partial charge in [-0.1, -0.05) is 0 Å². The fraction of sp³-hybridized carbons (Fsp3) is 1.00. The Kier molecular flexibility index (Phi) is 6.31. The lowest BCUT2D eigenvalue weighted by molar-refractivity contribution is -0.458. The Bertz CT molecular complexity index is 735. The van der Waals surface area contributed by atoms with Crippen molar-refractivity contribution in [2.75, 3.05) is 0 Å². The van der Waals surface area contributed by atoms with Gasteiger partial charge < -0.3 is 0 Å². The van der Waals surface area contributed by atoms with Crippen LogP contribution in [0.5, 0.6) is 0 Å². The van der Waals surface area contributed by atoms with Crippen molar-refractivity contribution in [2.24, 2.45) is 0 Å². The van der Waals surface area contributed by atoms with Crippen LogP contribution in [0.25, 0.3) is 0 Å². The van der Waals surface area contributed by atoms with Crippen molar-refractivity contribution in [3.05, 3.63) is 0 Å². The van der Waals surface area contributed by atoms with E-state index in [1.165, 1.54) is 0 Å². The van der Waals surface area contributed by atoms with Gasteiger partial charge in [-0.25, -0.2) is 8.42 Å². The normalized spacial score (nSPS) is 16.9. The summed E-state index contributed by atoms with van der Waals surface area (Å²) in [4.78, 5) is 0. The largest absolute Gasteiger partial charge is 0.460 e. The average Bonchev–Trinajstić information content (AvgIpc) is 2.43. The van der Waals surface area contributed by atoms with E-state index in [2.05, 4.69) is 10.7 Å². The molecule has 0 unspecified atom stereocenters. The maximum atomic E-state index is 13.1. The zero-order chi connectivity index (χ0) is 24.5. The molecule has 176 valence electrons. The topological polar surface area (TPSA) is 34.1 Å². The minimum absolute atomic E-state index is 3.56. The SMILES string of the molecule is O=S(=O)(Cl)C(F)(F)C(F)(F)C(F)(F)C(F)(F)C(F)(F)C(F)(F)C(F)(F)C(F)(F)F. The molecule has 0 fully saturated rings. The molecule has 0 aromatic carbocycles. The van der Waals surface area contributed by atoms with E-state index in [9.17, 15) is 83.1 Å². The quantitative estimate of drug-likeness (QED) is 0.329. The molecule has 0 amide bonds. The summed E-state index contributed by atoms with van der Waals surface area (Å²) in [5, 5.41) is -7.63. The number of alkyl halides is 17. The van der Waals surface area contributed by atoms with Crippen molar-refractivity contribution < 1.29 is 83.1 Å². The van der Waals surface area contributed by atoms with Gasteiger partial charge >= 0.3 is 56.0 Å². The van der Waals surface area contributed by atoms with E-state index in [-0.39, 0.29) is 0 Å². The van der Waals surface area contributed by atoms with Crippen LogP contribution in [-0.2, 0) is 9.05 Å². The molecule has 0 N–H and O–H groups in total. The highest BCUT2D eigenvalue weighted by Crippen LogP contribution is 2.64. The molecular formula is C8ClF17O2S. The van der Waals surface area contributed by atoms with E-state index < -0.39 is 56.0 Å². The van der Waals surface area contributed by atoms with Crippen molar-refractivity contribution in [2.45, 2.75) is 47.0 Å². The summed E-state index contributed by atoms with van der Waals surface area (Å²) >= 11 is 0. The Morgan fingerprint density at radius 3 is 0.828 bits per heavy atom. The highest BCUT2D eigenvalue weighted by molar-refractivity contribution is 8.14. The summed E-state index contributed by atoms with van der Waals surface area (Å²) in [5.74, 6) is -51.6. The summed E-state index contributed by atoms with van der Waals surface area (Å²) in [6, 6.07) is 0.